The SMILES string of the molecule is CCOC(=O)N1Cc2cc(O)ccc2S1(=O)=O. The van der Waals surface area contributed by atoms with Crippen molar-refractivity contribution < 1.29 is 23.1 Å². The van der Waals surface area contributed by atoms with E-state index in [1.807, 2.05) is 0 Å². The van der Waals surface area contributed by atoms with Crippen LogP contribution in [0, 0.1) is 0 Å². The van der Waals surface area contributed by atoms with E-state index in [1.165, 1.54) is 18.2 Å². The van der Waals surface area contributed by atoms with Gasteiger partial charge in [0.25, 0.3) is 10.0 Å². The number of benzene rings is 1. The molecular formula is C10H11NO5S. The van der Waals surface area contributed by atoms with Crippen LogP contribution < -0.4 is 0 Å². The number of nitrogens with zero attached hydrogens (tertiary/aromatic N) is 1. The van der Waals surface area contributed by atoms with Gasteiger partial charge in [-0.3, -0.25) is 0 Å². The van der Waals surface area contributed by atoms with Gasteiger partial charge in [-0.2, -0.15) is 4.31 Å². The third kappa shape index (κ3) is 1.82. The summed E-state index contributed by atoms with van der Waals surface area (Å²) < 4.78 is 29.2. The zero-order valence-corrected chi connectivity index (χ0v) is 9.90. The second kappa shape index (κ2) is 3.92. The van der Waals surface area contributed by atoms with Crippen molar-refractivity contribution in [2.45, 2.75) is 18.4 Å². The first-order valence-corrected chi connectivity index (χ1v) is 6.42. The smallest absolute Gasteiger partial charge is 0.424 e. The normalized spacial score (nSPS) is 16.6. The van der Waals surface area contributed by atoms with Crippen molar-refractivity contribution in [1.29, 1.82) is 0 Å². The van der Waals surface area contributed by atoms with Crippen LogP contribution in [0.1, 0.15) is 12.5 Å². The number of phenols is 1. The van der Waals surface area contributed by atoms with Crippen LogP contribution >= 0.6 is 0 Å². The van der Waals surface area contributed by atoms with E-state index in [2.05, 4.69) is 4.74 Å². The van der Waals surface area contributed by atoms with Crippen molar-refractivity contribution in [2.75, 3.05) is 6.61 Å². The second-order valence-electron chi connectivity index (χ2n) is 3.50. The molecule has 6 nitrogen and oxygen atoms in total. The molecule has 0 unspecified atom stereocenters. The predicted molar refractivity (Wildman–Crippen MR) is 57.9 cm³/mol. The van der Waals surface area contributed by atoms with Gasteiger partial charge in [-0.15, -0.1) is 0 Å². The van der Waals surface area contributed by atoms with Gasteiger partial charge >= 0.3 is 6.09 Å². The molecule has 0 aliphatic carbocycles. The van der Waals surface area contributed by atoms with Crippen molar-refractivity contribution in [3.63, 3.8) is 0 Å². The number of hydrogen-bond acceptors (Lipinski definition) is 5. The zero-order valence-electron chi connectivity index (χ0n) is 9.08. The average Bonchev–Trinajstić information content (AvgIpc) is 2.50. The minimum Gasteiger partial charge on any atom is -0.508 e. The number of fused-ring (bicyclic) bond motifs is 1. The molecule has 0 radical (unpaired) electrons. The first kappa shape index (κ1) is 11.7. The molecule has 1 aromatic rings. The van der Waals surface area contributed by atoms with Crippen molar-refractivity contribution in [3.8, 4) is 5.75 Å². The van der Waals surface area contributed by atoms with Crippen molar-refractivity contribution >= 4 is 16.1 Å². The van der Waals surface area contributed by atoms with Crippen molar-refractivity contribution in [2.24, 2.45) is 0 Å². The number of ether oxygens (including phenoxy) is 1. The summed E-state index contributed by atoms with van der Waals surface area (Å²) in [4.78, 5) is 11.5. The van der Waals surface area contributed by atoms with Gasteiger partial charge in [-0.1, -0.05) is 0 Å². The topological polar surface area (TPSA) is 83.9 Å². The fourth-order valence-electron chi connectivity index (χ4n) is 1.66. The van der Waals surface area contributed by atoms with Crippen LogP contribution in [0.25, 0.3) is 0 Å². The first-order chi connectivity index (χ1) is 7.96. The molecule has 1 aliphatic heterocycles. The number of hydrogen-bond donors (Lipinski definition) is 1. The Kier molecular flexibility index (Phi) is 2.70. The fraction of sp³-hybridized carbons (Fsp3) is 0.300. The highest BCUT2D eigenvalue weighted by Crippen LogP contribution is 2.32. The Hall–Kier alpha value is -1.76. The van der Waals surface area contributed by atoms with E-state index >= 15 is 0 Å². The third-order valence-corrected chi connectivity index (χ3v) is 4.21. The molecular weight excluding hydrogens is 246 g/mol. The summed E-state index contributed by atoms with van der Waals surface area (Å²) in [6.07, 6.45) is -0.900. The monoisotopic (exact) mass is 257 g/mol. The number of amides is 1. The first-order valence-electron chi connectivity index (χ1n) is 4.98. The lowest BCUT2D eigenvalue weighted by Crippen LogP contribution is -2.31. The van der Waals surface area contributed by atoms with Gasteiger partial charge in [0.15, 0.2) is 0 Å². The maximum atomic E-state index is 12.0. The molecule has 0 fully saturated rings. The molecule has 0 saturated heterocycles. The lowest BCUT2D eigenvalue weighted by atomic mass is 10.2. The highest BCUT2D eigenvalue weighted by Gasteiger charge is 2.39. The van der Waals surface area contributed by atoms with E-state index in [4.69, 9.17) is 0 Å². The maximum Gasteiger partial charge on any atom is 0.424 e. The summed E-state index contributed by atoms with van der Waals surface area (Å²) in [5.41, 5.74) is 0.387. The number of rotatable bonds is 1. The average molecular weight is 257 g/mol. The molecule has 1 amide bonds. The van der Waals surface area contributed by atoms with E-state index < -0.39 is 16.1 Å². The largest absolute Gasteiger partial charge is 0.508 e. The lowest BCUT2D eigenvalue weighted by molar-refractivity contribution is 0.131. The van der Waals surface area contributed by atoms with Gasteiger partial charge in [0.05, 0.1) is 18.0 Å². The van der Waals surface area contributed by atoms with Gasteiger partial charge in [0, 0.05) is 0 Å². The summed E-state index contributed by atoms with van der Waals surface area (Å²) in [7, 11) is -3.84. The highest BCUT2D eigenvalue weighted by molar-refractivity contribution is 7.90. The van der Waals surface area contributed by atoms with Crippen LogP contribution in [0.4, 0.5) is 4.79 Å². The van der Waals surface area contributed by atoms with Crippen LogP contribution in [0.3, 0.4) is 0 Å². The molecule has 0 spiro atoms. The Labute approximate surface area is 98.5 Å². The number of sulfonamides is 1. The minimum atomic E-state index is -3.84. The van der Waals surface area contributed by atoms with Crippen LogP contribution in [0.5, 0.6) is 5.75 Å². The molecule has 2 rings (SSSR count). The summed E-state index contributed by atoms with van der Waals surface area (Å²) in [6.45, 7) is 1.59. The summed E-state index contributed by atoms with van der Waals surface area (Å²) in [5.74, 6) is -0.0374. The van der Waals surface area contributed by atoms with Crippen molar-refractivity contribution in [1.82, 2.24) is 4.31 Å². The van der Waals surface area contributed by atoms with Crippen LogP contribution in [-0.2, 0) is 21.3 Å². The molecule has 0 atom stereocenters. The molecule has 0 aromatic heterocycles. The Bertz CT molecular complexity index is 566. The highest BCUT2D eigenvalue weighted by atomic mass is 32.2. The van der Waals surface area contributed by atoms with E-state index in [0.29, 0.717) is 9.87 Å². The quantitative estimate of drug-likeness (QED) is 0.813. The summed E-state index contributed by atoms with van der Waals surface area (Å²) in [6, 6.07) is 3.87. The maximum absolute atomic E-state index is 12.0. The molecule has 1 aliphatic rings. The molecule has 1 N–H and O–H groups in total. The molecule has 1 aromatic carbocycles. The van der Waals surface area contributed by atoms with Crippen LogP contribution in [0.2, 0.25) is 0 Å². The Morgan fingerprint density at radius 2 is 2.24 bits per heavy atom. The molecule has 92 valence electrons. The van der Waals surface area contributed by atoms with Crippen molar-refractivity contribution in [3.05, 3.63) is 23.8 Å². The van der Waals surface area contributed by atoms with E-state index in [-0.39, 0.29) is 23.8 Å². The minimum absolute atomic E-state index is 0.0309. The molecule has 17 heavy (non-hydrogen) atoms. The Morgan fingerprint density at radius 1 is 1.53 bits per heavy atom. The van der Waals surface area contributed by atoms with Crippen LogP contribution in [-0.4, -0.2) is 30.5 Å². The molecule has 1 heterocycles. The molecule has 0 bridgehead atoms. The number of carbonyl (C=O) groups is 1. The van der Waals surface area contributed by atoms with Gasteiger partial charge in [-0.25, -0.2) is 13.2 Å². The Balaban J connectivity index is 2.43. The van der Waals surface area contributed by atoms with E-state index in [0.717, 1.165) is 0 Å². The molecule has 7 heteroatoms. The van der Waals surface area contributed by atoms with E-state index in [1.54, 1.807) is 6.92 Å². The predicted octanol–water partition coefficient (Wildman–Crippen LogP) is 1.05. The molecule has 0 saturated carbocycles. The third-order valence-electron chi connectivity index (χ3n) is 2.40. The number of aromatic hydroxyl groups is 1. The van der Waals surface area contributed by atoms with Gasteiger partial charge in [-0.05, 0) is 30.7 Å². The standard InChI is InChI=1S/C10H11NO5S/c1-2-16-10(13)11-6-7-5-8(12)3-4-9(7)17(11,14)15/h3-5,12H,2,6H2,1H3. The fourth-order valence-corrected chi connectivity index (χ4v) is 3.15. The van der Waals surface area contributed by atoms with Gasteiger partial charge < -0.3 is 9.84 Å². The van der Waals surface area contributed by atoms with E-state index in [9.17, 15) is 18.3 Å². The second-order valence-corrected chi connectivity index (χ2v) is 5.33. The number of carbonyl (C=O) groups excluding carboxylic acids is 1. The van der Waals surface area contributed by atoms with Gasteiger partial charge in [0.2, 0.25) is 0 Å². The summed E-state index contributed by atoms with van der Waals surface area (Å²) >= 11 is 0. The van der Waals surface area contributed by atoms with Crippen LogP contribution in [0.15, 0.2) is 23.1 Å². The van der Waals surface area contributed by atoms with Gasteiger partial charge in [0.1, 0.15) is 5.75 Å². The summed E-state index contributed by atoms with van der Waals surface area (Å²) in [5, 5.41) is 9.27. The lowest BCUT2D eigenvalue weighted by Gasteiger charge is -2.13. The Morgan fingerprint density at radius 3 is 2.88 bits per heavy atom. The zero-order chi connectivity index (χ0) is 12.6. The number of phenolic OH excluding ortho intramolecular Hbond substituents is 1.